The summed E-state index contributed by atoms with van der Waals surface area (Å²) in [4.78, 5) is 12.0. The van der Waals surface area contributed by atoms with E-state index < -0.39 is 0 Å². The molecule has 0 radical (unpaired) electrons. The first kappa shape index (κ1) is 15.2. The molecule has 5 nitrogen and oxygen atoms in total. The fourth-order valence-electron chi connectivity index (χ4n) is 1.51. The number of aromatic hydroxyl groups is 1. The smallest absolute Gasteiger partial charge is 0.255 e. The Bertz CT molecular complexity index is 405. The molecule has 0 saturated heterocycles. The van der Waals surface area contributed by atoms with E-state index in [1.54, 1.807) is 12.1 Å². The van der Waals surface area contributed by atoms with Gasteiger partial charge in [0.1, 0.15) is 5.75 Å². The number of carbonyl (C=O) groups excluding carboxylic acids is 1. The molecule has 0 fully saturated rings. The zero-order valence-electron chi connectivity index (χ0n) is 10.0. The summed E-state index contributed by atoms with van der Waals surface area (Å²) < 4.78 is 5.82. The van der Waals surface area contributed by atoms with Gasteiger partial charge in [-0.3, -0.25) is 4.79 Å². The molecule has 18 heavy (non-hydrogen) atoms. The number of ether oxygens (including phenoxy) is 1. The highest BCUT2D eigenvalue weighted by atomic mass is 127. The molecule has 0 saturated carbocycles. The molecule has 0 aromatic heterocycles. The van der Waals surface area contributed by atoms with Crippen LogP contribution in [0.2, 0.25) is 0 Å². The standard InChI is InChI=1S/C12H16INO4/c1-18-7-9(4-5-15)14-12(17)10-6-8(13)2-3-11(10)16/h2-3,6,9,15-16H,4-5,7H2,1H3,(H,14,17). The van der Waals surface area contributed by atoms with Gasteiger partial charge in [-0.15, -0.1) is 0 Å². The zero-order chi connectivity index (χ0) is 13.5. The molecule has 1 atom stereocenters. The minimum absolute atomic E-state index is 0.0351. The summed E-state index contributed by atoms with van der Waals surface area (Å²) >= 11 is 2.07. The van der Waals surface area contributed by atoms with Crippen molar-refractivity contribution >= 4 is 28.5 Å². The van der Waals surface area contributed by atoms with E-state index in [-0.39, 0.29) is 29.9 Å². The number of benzene rings is 1. The predicted octanol–water partition coefficient (Wildman–Crippen LogP) is 1.12. The number of aliphatic hydroxyl groups is 1. The highest BCUT2D eigenvalue weighted by Crippen LogP contribution is 2.19. The molecular weight excluding hydrogens is 349 g/mol. The van der Waals surface area contributed by atoms with E-state index >= 15 is 0 Å². The summed E-state index contributed by atoms with van der Waals surface area (Å²) in [6.45, 7) is 0.281. The van der Waals surface area contributed by atoms with Gasteiger partial charge >= 0.3 is 0 Å². The number of nitrogens with one attached hydrogen (secondary N) is 1. The molecular formula is C12H16INO4. The molecule has 1 aromatic rings. The minimum atomic E-state index is -0.374. The Kier molecular flexibility index (Phi) is 6.37. The molecule has 3 N–H and O–H groups in total. The first-order valence-corrected chi connectivity index (χ1v) is 6.55. The third kappa shape index (κ3) is 4.43. The van der Waals surface area contributed by atoms with Gasteiger partial charge in [0.2, 0.25) is 0 Å². The Morgan fingerprint density at radius 3 is 2.89 bits per heavy atom. The van der Waals surface area contributed by atoms with Crippen LogP contribution in [0.5, 0.6) is 5.75 Å². The highest BCUT2D eigenvalue weighted by molar-refractivity contribution is 14.1. The molecule has 1 rings (SSSR count). The average molecular weight is 365 g/mol. The summed E-state index contributed by atoms with van der Waals surface area (Å²) in [5.41, 5.74) is 0.223. The molecule has 0 aliphatic heterocycles. The molecule has 100 valence electrons. The van der Waals surface area contributed by atoms with E-state index in [1.807, 2.05) is 0 Å². The summed E-state index contributed by atoms with van der Waals surface area (Å²) in [5.74, 6) is -0.436. The molecule has 1 unspecified atom stereocenters. The maximum Gasteiger partial charge on any atom is 0.255 e. The first-order chi connectivity index (χ1) is 8.58. The van der Waals surface area contributed by atoms with Gasteiger partial charge in [-0.1, -0.05) is 0 Å². The first-order valence-electron chi connectivity index (χ1n) is 5.47. The zero-order valence-corrected chi connectivity index (χ0v) is 12.2. The molecule has 0 aliphatic carbocycles. The van der Waals surface area contributed by atoms with E-state index in [1.165, 1.54) is 13.2 Å². The molecule has 0 heterocycles. The second kappa shape index (κ2) is 7.55. The maximum absolute atomic E-state index is 12.0. The van der Waals surface area contributed by atoms with E-state index in [2.05, 4.69) is 27.9 Å². The lowest BCUT2D eigenvalue weighted by atomic mass is 10.1. The van der Waals surface area contributed by atoms with Crippen LogP contribution >= 0.6 is 22.6 Å². The Morgan fingerprint density at radius 1 is 1.56 bits per heavy atom. The number of carbonyl (C=O) groups is 1. The quantitative estimate of drug-likeness (QED) is 0.661. The molecule has 1 aromatic carbocycles. The van der Waals surface area contributed by atoms with E-state index in [9.17, 15) is 9.90 Å². The van der Waals surface area contributed by atoms with Crippen LogP contribution < -0.4 is 5.32 Å². The van der Waals surface area contributed by atoms with Gasteiger partial charge in [0.25, 0.3) is 5.91 Å². The molecule has 0 bridgehead atoms. The number of phenols is 1. The Balaban J connectivity index is 2.76. The lowest BCUT2D eigenvalue weighted by molar-refractivity contribution is 0.0876. The number of rotatable bonds is 6. The van der Waals surface area contributed by atoms with Crippen LogP contribution in [0.3, 0.4) is 0 Å². The van der Waals surface area contributed by atoms with Gasteiger partial charge in [0.15, 0.2) is 0 Å². The van der Waals surface area contributed by atoms with Gasteiger partial charge in [-0.2, -0.15) is 0 Å². The predicted molar refractivity (Wildman–Crippen MR) is 75.7 cm³/mol. The van der Waals surface area contributed by atoms with Crippen LogP contribution in [-0.2, 0) is 4.74 Å². The number of amides is 1. The van der Waals surface area contributed by atoms with Crippen molar-refractivity contribution in [3.63, 3.8) is 0 Å². The Labute approximate surface area is 119 Å². The van der Waals surface area contributed by atoms with Crippen LogP contribution in [0.1, 0.15) is 16.8 Å². The summed E-state index contributed by atoms with van der Waals surface area (Å²) in [6.07, 6.45) is 0.407. The van der Waals surface area contributed by atoms with Gasteiger partial charge in [0.05, 0.1) is 18.2 Å². The van der Waals surface area contributed by atoms with Crippen molar-refractivity contribution in [1.82, 2.24) is 5.32 Å². The van der Waals surface area contributed by atoms with E-state index in [0.717, 1.165) is 3.57 Å². The fourth-order valence-corrected chi connectivity index (χ4v) is 2.00. The van der Waals surface area contributed by atoms with Crippen molar-refractivity contribution in [3.05, 3.63) is 27.3 Å². The van der Waals surface area contributed by atoms with Gasteiger partial charge in [-0.25, -0.2) is 0 Å². The van der Waals surface area contributed by atoms with Gasteiger partial charge in [0, 0.05) is 17.3 Å². The van der Waals surface area contributed by atoms with Crippen molar-refractivity contribution < 1.29 is 19.7 Å². The lowest BCUT2D eigenvalue weighted by Gasteiger charge is -2.17. The molecule has 0 aliphatic rings. The number of hydrogen-bond acceptors (Lipinski definition) is 4. The van der Waals surface area contributed by atoms with Crippen molar-refractivity contribution in [3.8, 4) is 5.75 Å². The Hall–Kier alpha value is -0.860. The van der Waals surface area contributed by atoms with Crippen LogP contribution in [-0.4, -0.2) is 42.5 Å². The molecule has 0 spiro atoms. The summed E-state index contributed by atoms with van der Waals surface area (Å²) in [5, 5.41) is 21.2. The van der Waals surface area contributed by atoms with Crippen LogP contribution in [0.25, 0.3) is 0 Å². The van der Waals surface area contributed by atoms with E-state index in [0.29, 0.717) is 13.0 Å². The summed E-state index contributed by atoms with van der Waals surface area (Å²) in [7, 11) is 1.53. The third-order valence-corrected chi connectivity index (χ3v) is 3.05. The number of halogens is 1. The second-order valence-corrected chi connectivity index (χ2v) is 5.05. The third-order valence-electron chi connectivity index (χ3n) is 2.38. The summed E-state index contributed by atoms with van der Waals surface area (Å²) in [6, 6.07) is 4.53. The number of aliphatic hydroxyl groups excluding tert-OH is 1. The molecule has 1 amide bonds. The molecule has 6 heteroatoms. The van der Waals surface area contributed by atoms with Crippen molar-refractivity contribution in [1.29, 1.82) is 0 Å². The maximum atomic E-state index is 12.0. The van der Waals surface area contributed by atoms with Crippen molar-refractivity contribution in [2.24, 2.45) is 0 Å². The average Bonchev–Trinajstić information content (AvgIpc) is 2.33. The van der Waals surface area contributed by atoms with Gasteiger partial charge < -0.3 is 20.3 Å². The number of hydrogen-bond donors (Lipinski definition) is 3. The van der Waals surface area contributed by atoms with Gasteiger partial charge in [-0.05, 0) is 47.2 Å². The minimum Gasteiger partial charge on any atom is -0.507 e. The fraction of sp³-hybridized carbons (Fsp3) is 0.417. The van der Waals surface area contributed by atoms with Crippen LogP contribution in [0.4, 0.5) is 0 Å². The van der Waals surface area contributed by atoms with Crippen LogP contribution in [0, 0.1) is 3.57 Å². The monoisotopic (exact) mass is 365 g/mol. The van der Waals surface area contributed by atoms with Crippen molar-refractivity contribution in [2.45, 2.75) is 12.5 Å². The number of phenolic OH excluding ortho intramolecular Hbond substituents is 1. The van der Waals surface area contributed by atoms with Crippen LogP contribution in [0.15, 0.2) is 18.2 Å². The second-order valence-electron chi connectivity index (χ2n) is 3.80. The lowest BCUT2D eigenvalue weighted by Crippen LogP contribution is -2.38. The number of methoxy groups -OCH3 is 1. The SMILES string of the molecule is COCC(CCO)NC(=O)c1cc(I)ccc1O. The normalized spacial score (nSPS) is 12.2. The van der Waals surface area contributed by atoms with Crippen molar-refractivity contribution in [2.75, 3.05) is 20.3 Å². The van der Waals surface area contributed by atoms with E-state index in [4.69, 9.17) is 9.84 Å². The topological polar surface area (TPSA) is 78.8 Å². The largest absolute Gasteiger partial charge is 0.507 e. The Morgan fingerprint density at radius 2 is 2.28 bits per heavy atom. The highest BCUT2D eigenvalue weighted by Gasteiger charge is 2.16.